The van der Waals surface area contributed by atoms with Crippen molar-refractivity contribution in [3.8, 4) is 16.9 Å². The zero-order valence-electron chi connectivity index (χ0n) is 19.6. The lowest BCUT2D eigenvalue weighted by Gasteiger charge is -2.19. The molecular formula is C27H22F5NO4. The van der Waals surface area contributed by atoms with E-state index in [0.29, 0.717) is 12.8 Å². The molecule has 1 aliphatic carbocycles. The number of fused-ring (bicyclic) bond motifs is 3. The van der Waals surface area contributed by atoms with Gasteiger partial charge in [0.1, 0.15) is 12.6 Å². The van der Waals surface area contributed by atoms with Gasteiger partial charge in [-0.15, -0.1) is 0 Å². The van der Waals surface area contributed by atoms with Crippen molar-refractivity contribution in [2.75, 3.05) is 6.61 Å². The highest BCUT2D eigenvalue weighted by Gasteiger charge is 2.32. The van der Waals surface area contributed by atoms with Gasteiger partial charge in [0.15, 0.2) is 0 Å². The first-order valence-electron chi connectivity index (χ1n) is 11.6. The van der Waals surface area contributed by atoms with Gasteiger partial charge >= 0.3 is 12.1 Å². The Kier molecular flexibility index (Phi) is 7.75. The topological polar surface area (TPSA) is 64.6 Å². The molecule has 0 saturated heterocycles. The Hall–Kier alpha value is -3.95. The van der Waals surface area contributed by atoms with Gasteiger partial charge in [-0.3, -0.25) is 0 Å². The average Bonchev–Trinajstić information content (AvgIpc) is 3.23. The molecular weight excluding hydrogens is 497 g/mol. The van der Waals surface area contributed by atoms with Crippen LogP contribution in [0.5, 0.6) is 5.75 Å². The average molecular weight is 519 g/mol. The lowest BCUT2D eigenvalue weighted by atomic mass is 9.98. The largest absolute Gasteiger partial charge is 0.449 e. The second-order valence-corrected chi connectivity index (χ2v) is 8.48. The number of rotatable bonds is 8. The SMILES string of the molecule is CCCC[C@@H](NC(=O)OCC1c2ccccc2-c2ccccc21)C(=O)Oc1c(F)c(F)c(F)c(F)c1F. The second-order valence-electron chi connectivity index (χ2n) is 8.48. The van der Waals surface area contributed by atoms with Crippen molar-refractivity contribution in [3.63, 3.8) is 0 Å². The normalized spacial score (nSPS) is 13.0. The molecule has 10 heteroatoms. The molecule has 0 aromatic heterocycles. The lowest BCUT2D eigenvalue weighted by Crippen LogP contribution is -2.43. The number of esters is 1. The molecule has 0 fully saturated rings. The van der Waals surface area contributed by atoms with E-state index in [2.05, 4.69) is 10.1 Å². The van der Waals surface area contributed by atoms with Gasteiger partial charge in [0.2, 0.25) is 34.8 Å². The molecule has 0 heterocycles. The van der Waals surface area contributed by atoms with E-state index < -0.39 is 52.9 Å². The first kappa shape index (κ1) is 26.1. The van der Waals surface area contributed by atoms with Crippen LogP contribution in [-0.4, -0.2) is 24.7 Å². The van der Waals surface area contributed by atoms with Crippen LogP contribution in [0.1, 0.15) is 43.2 Å². The zero-order valence-corrected chi connectivity index (χ0v) is 19.6. The number of hydrogen-bond acceptors (Lipinski definition) is 4. The quantitative estimate of drug-likeness (QED) is 0.123. The predicted molar refractivity (Wildman–Crippen MR) is 123 cm³/mol. The number of unbranched alkanes of at least 4 members (excludes halogenated alkanes) is 1. The minimum Gasteiger partial charge on any atom is -0.449 e. The van der Waals surface area contributed by atoms with Crippen LogP contribution in [0.4, 0.5) is 26.7 Å². The van der Waals surface area contributed by atoms with E-state index in [9.17, 15) is 31.5 Å². The smallest absolute Gasteiger partial charge is 0.407 e. The highest BCUT2D eigenvalue weighted by atomic mass is 19.2. The van der Waals surface area contributed by atoms with Crippen molar-refractivity contribution >= 4 is 12.1 Å². The summed E-state index contributed by atoms with van der Waals surface area (Å²) in [6, 6.07) is 13.9. The number of amides is 1. The lowest BCUT2D eigenvalue weighted by molar-refractivity contribution is -0.137. The first-order valence-corrected chi connectivity index (χ1v) is 11.6. The number of hydrogen-bond donors (Lipinski definition) is 1. The third-order valence-electron chi connectivity index (χ3n) is 6.14. The molecule has 0 saturated carbocycles. The molecule has 3 aromatic rings. The zero-order chi connectivity index (χ0) is 26.7. The maximum absolute atomic E-state index is 14.0. The van der Waals surface area contributed by atoms with Crippen molar-refractivity contribution in [3.05, 3.63) is 88.7 Å². The molecule has 0 aliphatic heterocycles. The Bertz CT molecular complexity index is 1270. The molecule has 1 N–H and O–H groups in total. The fourth-order valence-corrected chi connectivity index (χ4v) is 4.29. The summed E-state index contributed by atoms with van der Waals surface area (Å²) >= 11 is 0. The summed E-state index contributed by atoms with van der Waals surface area (Å²) in [5.41, 5.74) is 3.95. The Balaban J connectivity index is 1.47. The maximum atomic E-state index is 14.0. The van der Waals surface area contributed by atoms with Crippen molar-refractivity contribution in [1.82, 2.24) is 5.32 Å². The fraction of sp³-hybridized carbons (Fsp3) is 0.259. The van der Waals surface area contributed by atoms with E-state index in [1.54, 1.807) is 6.92 Å². The van der Waals surface area contributed by atoms with Crippen LogP contribution in [0.15, 0.2) is 48.5 Å². The highest BCUT2D eigenvalue weighted by molar-refractivity contribution is 5.83. The Morgan fingerprint density at radius 2 is 1.35 bits per heavy atom. The second kappa shape index (κ2) is 11.0. The van der Waals surface area contributed by atoms with Gasteiger partial charge < -0.3 is 14.8 Å². The minimum atomic E-state index is -2.38. The maximum Gasteiger partial charge on any atom is 0.407 e. The van der Waals surface area contributed by atoms with Crippen LogP contribution in [0.2, 0.25) is 0 Å². The summed E-state index contributed by atoms with van der Waals surface area (Å²) in [7, 11) is 0. The molecule has 0 bridgehead atoms. The monoisotopic (exact) mass is 519 g/mol. The molecule has 194 valence electrons. The molecule has 5 nitrogen and oxygen atoms in total. The Morgan fingerprint density at radius 3 is 1.89 bits per heavy atom. The van der Waals surface area contributed by atoms with Gasteiger partial charge in [0, 0.05) is 5.92 Å². The third kappa shape index (κ3) is 5.14. The number of carbonyl (C=O) groups excluding carboxylic acids is 2. The molecule has 1 amide bonds. The van der Waals surface area contributed by atoms with Crippen LogP contribution < -0.4 is 10.1 Å². The first-order chi connectivity index (χ1) is 17.7. The van der Waals surface area contributed by atoms with Crippen LogP contribution in [0, 0.1) is 29.1 Å². The van der Waals surface area contributed by atoms with E-state index >= 15 is 0 Å². The van der Waals surface area contributed by atoms with E-state index in [1.807, 2.05) is 48.5 Å². The summed E-state index contributed by atoms with van der Waals surface area (Å²) in [6.45, 7) is 1.73. The van der Waals surface area contributed by atoms with Crippen molar-refractivity contribution in [2.24, 2.45) is 0 Å². The van der Waals surface area contributed by atoms with Crippen molar-refractivity contribution < 1.29 is 41.0 Å². The number of ether oxygens (including phenoxy) is 2. The molecule has 37 heavy (non-hydrogen) atoms. The summed E-state index contributed by atoms with van der Waals surface area (Å²) in [4.78, 5) is 25.2. The van der Waals surface area contributed by atoms with Gasteiger partial charge in [0.05, 0.1) is 0 Å². The molecule has 0 radical (unpaired) electrons. The van der Waals surface area contributed by atoms with Crippen LogP contribution in [0.25, 0.3) is 11.1 Å². The number of carbonyl (C=O) groups is 2. The molecule has 0 unspecified atom stereocenters. The summed E-state index contributed by atoms with van der Waals surface area (Å²) < 4.78 is 78.1. The molecule has 4 rings (SSSR count). The molecule has 1 aliphatic rings. The number of nitrogens with one attached hydrogen (secondary N) is 1. The van der Waals surface area contributed by atoms with Gasteiger partial charge in [-0.25, -0.2) is 22.8 Å². The van der Waals surface area contributed by atoms with Gasteiger partial charge in [-0.2, -0.15) is 8.78 Å². The number of halogens is 5. The standard InChI is InChI=1S/C27H22F5NO4/c1-2-3-12-19(26(34)37-25-23(31)21(29)20(28)22(30)24(25)32)33-27(35)36-13-18-16-10-6-4-8-14(16)15-9-5-7-11-17(15)18/h4-11,18-19H,2-3,12-13H2,1H3,(H,33,35)/t19-/m1/s1. The van der Waals surface area contributed by atoms with E-state index in [-0.39, 0.29) is 18.9 Å². The minimum absolute atomic E-state index is 0.0189. The van der Waals surface area contributed by atoms with E-state index in [1.165, 1.54) is 0 Å². The van der Waals surface area contributed by atoms with Crippen LogP contribution in [-0.2, 0) is 9.53 Å². The van der Waals surface area contributed by atoms with Gasteiger partial charge in [-0.05, 0) is 28.7 Å². The summed E-state index contributed by atoms with van der Waals surface area (Å²) in [6.07, 6.45) is -0.0500. The van der Waals surface area contributed by atoms with Gasteiger partial charge in [0.25, 0.3) is 0 Å². The highest BCUT2D eigenvalue weighted by Crippen LogP contribution is 2.44. The number of benzene rings is 3. The summed E-state index contributed by atoms with van der Waals surface area (Å²) in [5.74, 6) is -14.9. The van der Waals surface area contributed by atoms with Crippen molar-refractivity contribution in [1.29, 1.82) is 0 Å². The summed E-state index contributed by atoms with van der Waals surface area (Å²) in [5, 5.41) is 2.28. The third-order valence-corrected chi connectivity index (χ3v) is 6.14. The van der Waals surface area contributed by atoms with Crippen molar-refractivity contribution in [2.45, 2.75) is 38.1 Å². The predicted octanol–water partition coefficient (Wildman–Crippen LogP) is 6.39. The fourth-order valence-electron chi connectivity index (χ4n) is 4.29. The molecule has 0 spiro atoms. The van der Waals surface area contributed by atoms with E-state index in [4.69, 9.17) is 4.74 Å². The van der Waals surface area contributed by atoms with Crippen LogP contribution in [0.3, 0.4) is 0 Å². The van der Waals surface area contributed by atoms with E-state index in [0.717, 1.165) is 22.3 Å². The molecule has 1 atom stereocenters. The Labute approximate surface area is 209 Å². The van der Waals surface area contributed by atoms with Gasteiger partial charge in [-0.1, -0.05) is 68.3 Å². The molecule has 3 aromatic carbocycles. The van der Waals surface area contributed by atoms with Crippen LogP contribution >= 0.6 is 0 Å². The Morgan fingerprint density at radius 1 is 0.838 bits per heavy atom. The number of alkyl carbamates (subject to hydrolysis) is 1.